The Hall–Kier alpha value is -1.30. The molecule has 0 rings (SSSR count). The first-order valence-corrected chi connectivity index (χ1v) is 3.24. The van der Waals surface area contributed by atoms with E-state index in [0.29, 0.717) is 0 Å². The SMILES string of the molecule is COC(=O)C(C)(C)NNC(=O)O. The minimum absolute atomic E-state index is 0.545. The van der Waals surface area contributed by atoms with Crippen molar-refractivity contribution in [2.24, 2.45) is 0 Å². The van der Waals surface area contributed by atoms with E-state index >= 15 is 0 Å². The van der Waals surface area contributed by atoms with Gasteiger partial charge in [-0.3, -0.25) is 10.2 Å². The first-order chi connectivity index (χ1) is 5.40. The fourth-order valence-corrected chi connectivity index (χ4v) is 0.516. The molecule has 12 heavy (non-hydrogen) atoms. The first kappa shape index (κ1) is 10.7. The van der Waals surface area contributed by atoms with E-state index in [2.05, 4.69) is 10.2 Å². The third kappa shape index (κ3) is 3.20. The van der Waals surface area contributed by atoms with Gasteiger partial charge in [-0.1, -0.05) is 0 Å². The number of rotatable bonds is 3. The number of ether oxygens (including phenoxy) is 1. The van der Waals surface area contributed by atoms with E-state index in [4.69, 9.17) is 5.11 Å². The number of methoxy groups -OCH3 is 1. The first-order valence-electron chi connectivity index (χ1n) is 3.24. The highest BCUT2D eigenvalue weighted by Gasteiger charge is 2.28. The van der Waals surface area contributed by atoms with Crippen molar-refractivity contribution in [3.63, 3.8) is 0 Å². The Labute approximate surface area is 69.9 Å². The summed E-state index contributed by atoms with van der Waals surface area (Å²) in [5.74, 6) is -0.545. The van der Waals surface area contributed by atoms with E-state index < -0.39 is 17.6 Å². The number of amides is 1. The molecule has 0 fully saturated rings. The Morgan fingerprint density at radius 3 is 2.25 bits per heavy atom. The second-order valence-electron chi connectivity index (χ2n) is 2.67. The maximum atomic E-state index is 10.9. The Kier molecular flexibility index (Phi) is 3.49. The van der Waals surface area contributed by atoms with Crippen molar-refractivity contribution >= 4 is 12.1 Å². The lowest BCUT2D eigenvalue weighted by Crippen LogP contribution is -2.55. The van der Waals surface area contributed by atoms with Gasteiger partial charge in [0.05, 0.1) is 7.11 Å². The van der Waals surface area contributed by atoms with Crippen LogP contribution in [0.4, 0.5) is 4.79 Å². The molecule has 0 aromatic rings. The highest BCUT2D eigenvalue weighted by Crippen LogP contribution is 2.01. The number of hydrogen-bond acceptors (Lipinski definition) is 4. The Bertz CT molecular complexity index is 190. The minimum atomic E-state index is -1.26. The zero-order valence-corrected chi connectivity index (χ0v) is 7.17. The standard InChI is InChI=1S/C6H12N2O4/c1-6(2,4(9)12-3)8-7-5(10)11/h7-8H,1-3H3,(H,10,11). The van der Waals surface area contributed by atoms with Crippen molar-refractivity contribution in [2.45, 2.75) is 19.4 Å². The summed E-state index contributed by atoms with van der Waals surface area (Å²) in [5, 5.41) is 8.21. The van der Waals surface area contributed by atoms with Gasteiger partial charge in [-0.2, -0.15) is 0 Å². The van der Waals surface area contributed by atoms with Crippen LogP contribution < -0.4 is 10.9 Å². The van der Waals surface area contributed by atoms with Crippen molar-refractivity contribution in [2.75, 3.05) is 7.11 Å². The monoisotopic (exact) mass is 176 g/mol. The smallest absolute Gasteiger partial charge is 0.419 e. The van der Waals surface area contributed by atoms with Gasteiger partial charge >= 0.3 is 12.1 Å². The molecular formula is C6H12N2O4. The molecule has 0 aromatic carbocycles. The molecule has 0 atom stereocenters. The number of nitrogens with one attached hydrogen (secondary N) is 2. The van der Waals surface area contributed by atoms with Crippen molar-refractivity contribution < 1.29 is 19.4 Å². The average molecular weight is 176 g/mol. The van der Waals surface area contributed by atoms with E-state index in [-0.39, 0.29) is 0 Å². The summed E-state index contributed by atoms with van der Waals surface area (Å²) in [6, 6.07) is 0. The van der Waals surface area contributed by atoms with Gasteiger partial charge in [-0.15, -0.1) is 0 Å². The molecule has 0 aliphatic carbocycles. The van der Waals surface area contributed by atoms with Gasteiger partial charge in [0, 0.05) is 0 Å². The largest absolute Gasteiger partial charge is 0.468 e. The molecule has 0 saturated carbocycles. The van der Waals surface area contributed by atoms with Crippen LogP contribution >= 0.6 is 0 Å². The number of carbonyl (C=O) groups is 2. The van der Waals surface area contributed by atoms with Gasteiger partial charge in [0.2, 0.25) is 0 Å². The quantitative estimate of drug-likeness (QED) is 0.406. The fraction of sp³-hybridized carbons (Fsp3) is 0.667. The predicted molar refractivity (Wildman–Crippen MR) is 40.4 cm³/mol. The van der Waals surface area contributed by atoms with E-state index in [0.717, 1.165) is 0 Å². The summed E-state index contributed by atoms with van der Waals surface area (Å²) >= 11 is 0. The van der Waals surface area contributed by atoms with Crippen LogP contribution in [0, 0.1) is 0 Å². The van der Waals surface area contributed by atoms with Gasteiger partial charge < -0.3 is 9.84 Å². The van der Waals surface area contributed by atoms with Crippen molar-refractivity contribution in [3.05, 3.63) is 0 Å². The molecule has 0 aliphatic heterocycles. The number of carbonyl (C=O) groups excluding carboxylic acids is 1. The van der Waals surface area contributed by atoms with Crippen LogP contribution in [0.1, 0.15) is 13.8 Å². The second-order valence-corrected chi connectivity index (χ2v) is 2.67. The third-order valence-corrected chi connectivity index (χ3v) is 1.18. The van der Waals surface area contributed by atoms with Crippen LogP contribution in [0.25, 0.3) is 0 Å². The van der Waals surface area contributed by atoms with Crippen LogP contribution in [-0.4, -0.2) is 29.8 Å². The lowest BCUT2D eigenvalue weighted by atomic mass is 10.1. The minimum Gasteiger partial charge on any atom is -0.468 e. The highest BCUT2D eigenvalue weighted by atomic mass is 16.5. The maximum Gasteiger partial charge on any atom is 0.419 e. The lowest BCUT2D eigenvalue weighted by Gasteiger charge is -2.22. The molecule has 0 spiro atoms. The van der Waals surface area contributed by atoms with Crippen LogP contribution in [0.2, 0.25) is 0 Å². The van der Waals surface area contributed by atoms with E-state index in [1.54, 1.807) is 0 Å². The van der Waals surface area contributed by atoms with Gasteiger partial charge in [0.1, 0.15) is 5.54 Å². The molecule has 6 nitrogen and oxygen atoms in total. The summed E-state index contributed by atoms with van der Waals surface area (Å²) < 4.78 is 4.41. The predicted octanol–water partition coefficient (Wildman–Crippen LogP) is -0.290. The number of esters is 1. The molecule has 0 saturated heterocycles. The van der Waals surface area contributed by atoms with Crippen LogP contribution in [-0.2, 0) is 9.53 Å². The zero-order valence-electron chi connectivity index (χ0n) is 7.17. The lowest BCUT2D eigenvalue weighted by molar-refractivity contribution is -0.147. The van der Waals surface area contributed by atoms with Gasteiger partial charge in [-0.25, -0.2) is 10.2 Å². The van der Waals surface area contributed by atoms with E-state index in [9.17, 15) is 9.59 Å². The van der Waals surface area contributed by atoms with Crippen molar-refractivity contribution in [1.29, 1.82) is 0 Å². The summed E-state index contributed by atoms with van der Waals surface area (Å²) in [6.45, 7) is 2.99. The Balaban J connectivity index is 4.03. The summed E-state index contributed by atoms with van der Waals surface area (Å²) in [4.78, 5) is 21.0. The molecule has 0 bridgehead atoms. The molecule has 0 radical (unpaired) electrons. The van der Waals surface area contributed by atoms with Gasteiger partial charge in [0.25, 0.3) is 0 Å². The van der Waals surface area contributed by atoms with Crippen molar-refractivity contribution in [3.8, 4) is 0 Å². The van der Waals surface area contributed by atoms with Crippen LogP contribution in [0.15, 0.2) is 0 Å². The number of carboxylic acid groups (broad SMARTS) is 1. The summed E-state index contributed by atoms with van der Waals surface area (Å²) in [6.07, 6.45) is -1.26. The summed E-state index contributed by atoms with van der Waals surface area (Å²) in [5.41, 5.74) is 3.09. The maximum absolute atomic E-state index is 10.9. The Morgan fingerprint density at radius 2 is 1.92 bits per heavy atom. The topological polar surface area (TPSA) is 87.7 Å². The van der Waals surface area contributed by atoms with Crippen LogP contribution in [0.3, 0.4) is 0 Å². The third-order valence-electron chi connectivity index (χ3n) is 1.18. The molecule has 6 heteroatoms. The van der Waals surface area contributed by atoms with Gasteiger partial charge in [-0.05, 0) is 13.8 Å². The van der Waals surface area contributed by atoms with E-state index in [1.807, 2.05) is 5.43 Å². The fourth-order valence-electron chi connectivity index (χ4n) is 0.516. The molecule has 3 N–H and O–H groups in total. The normalized spacial score (nSPS) is 10.6. The molecule has 1 amide bonds. The second kappa shape index (κ2) is 3.91. The highest BCUT2D eigenvalue weighted by molar-refractivity contribution is 5.80. The molecule has 0 aliphatic rings. The zero-order chi connectivity index (χ0) is 9.78. The number of hydrazine groups is 1. The Morgan fingerprint density at radius 1 is 1.42 bits per heavy atom. The molecule has 70 valence electrons. The molecule has 0 heterocycles. The molecule has 0 aromatic heterocycles. The van der Waals surface area contributed by atoms with E-state index in [1.165, 1.54) is 21.0 Å². The van der Waals surface area contributed by atoms with Gasteiger partial charge in [0.15, 0.2) is 0 Å². The van der Waals surface area contributed by atoms with Crippen LogP contribution in [0.5, 0.6) is 0 Å². The average Bonchev–Trinajstić information content (AvgIpc) is 1.99. The van der Waals surface area contributed by atoms with Crippen molar-refractivity contribution in [1.82, 2.24) is 10.9 Å². The molecular weight excluding hydrogens is 164 g/mol. The molecule has 0 unspecified atom stereocenters. The number of hydrogen-bond donors (Lipinski definition) is 3. The summed E-state index contributed by atoms with van der Waals surface area (Å²) in [7, 11) is 1.23.